The molecule has 0 saturated carbocycles. The van der Waals surface area contributed by atoms with E-state index in [2.05, 4.69) is 17.1 Å². The molecule has 212 valence electrons. The number of rotatable bonds is 7. The minimum atomic E-state index is -3.70. The smallest absolute Gasteiger partial charge is 0.257 e. The lowest BCUT2D eigenvalue weighted by Crippen LogP contribution is -2.48. The maximum Gasteiger partial charge on any atom is 0.257 e. The molecule has 11 heteroatoms. The number of nitrogens with zero attached hydrogens (tertiary/aromatic N) is 3. The number of hydrogen-bond acceptors (Lipinski definition) is 7. The predicted octanol–water partition coefficient (Wildman–Crippen LogP) is 3.80. The maximum absolute atomic E-state index is 13.6. The first-order valence-electron chi connectivity index (χ1n) is 13.9. The van der Waals surface area contributed by atoms with Crippen LogP contribution >= 0.6 is 11.3 Å². The molecule has 0 bridgehead atoms. The second-order valence-corrected chi connectivity index (χ2v) is 13.8. The van der Waals surface area contributed by atoms with Gasteiger partial charge < -0.3 is 15.0 Å². The molecule has 5 rings (SSSR count). The van der Waals surface area contributed by atoms with Gasteiger partial charge in [-0.25, -0.2) is 8.42 Å². The molecule has 0 aliphatic carbocycles. The van der Waals surface area contributed by atoms with Gasteiger partial charge in [-0.3, -0.25) is 14.5 Å². The molecule has 0 spiro atoms. The van der Waals surface area contributed by atoms with Crippen molar-refractivity contribution in [2.24, 2.45) is 0 Å². The highest BCUT2D eigenvalue weighted by Gasteiger charge is 2.34. The number of ether oxygens (including phenoxy) is 1. The first-order valence-corrected chi connectivity index (χ1v) is 16.2. The van der Waals surface area contributed by atoms with Crippen molar-refractivity contribution in [3.63, 3.8) is 0 Å². The average Bonchev–Trinajstić information content (AvgIpc) is 3.56. The highest BCUT2D eigenvalue weighted by molar-refractivity contribution is 7.89. The Morgan fingerprint density at radius 1 is 1.05 bits per heavy atom. The van der Waals surface area contributed by atoms with Crippen molar-refractivity contribution < 1.29 is 22.7 Å². The third-order valence-corrected chi connectivity index (χ3v) is 10.6. The maximum atomic E-state index is 13.6. The average molecular weight is 575 g/mol. The second-order valence-electron chi connectivity index (χ2n) is 10.8. The van der Waals surface area contributed by atoms with Crippen molar-refractivity contribution in [2.45, 2.75) is 70.1 Å². The Hall–Kier alpha value is -2.31. The topological polar surface area (TPSA) is 99.3 Å². The summed E-state index contributed by atoms with van der Waals surface area (Å²) >= 11 is 1.49. The van der Waals surface area contributed by atoms with Crippen molar-refractivity contribution in [1.82, 2.24) is 14.1 Å². The van der Waals surface area contributed by atoms with Crippen LogP contribution in [0.4, 0.5) is 5.00 Å². The molecular weight excluding hydrogens is 536 g/mol. The number of hydrogen-bond donors (Lipinski definition) is 1. The number of carbonyl (C=O) groups is 2. The van der Waals surface area contributed by atoms with E-state index < -0.39 is 10.0 Å². The van der Waals surface area contributed by atoms with Crippen LogP contribution < -0.4 is 5.32 Å². The number of likely N-dealkylation sites (tertiary alicyclic amines) is 1. The molecular formula is C28H38N4O5S2. The van der Waals surface area contributed by atoms with Crippen LogP contribution in [0.15, 0.2) is 29.2 Å². The Balaban J connectivity index is 1.37. The fourth-order valence-electron chi connectivity index (χ4n) is 5.79. The van der Waals surface area contributed by atoms with Crippen LogP contribution in [0, 0.1) is 0 Å². The quantitative estimate of drug-likeness (QED) is 0.540. The number of nitrogens with one attached hydrogen (secondary N) is 1. The van der Waals surface area contributed by atoms with Crippen molar-refractivity contribution >= 4 is 38.2 Å². The molecule has 1 N–H and O–H groups in total. The SMILES string of the molecule is CCCN1CCc2c(sc(NC(=O)c3ccc(S(=O)(=O)N4CC(C)OC(C)C4)cc3)c2C(=O)N2CCCC2)C1. The molecule has 2 atom stereocenters. The molecule has 4 heterocycles. The van der Waals surface area contributed by atoms with Crippen LogP contribution in [0.5, 0.6) is 0 Å². The Morgan fingerprint density at radius 2 is 1.72 bits per heavy atom. The van der Waals surface area contributed by atoms with Gasteiger partial charge in [-0.05, 0) is 75.9 Å². The summed E-state index contributed by atoms with van der Waals surface area (Å²) in [6.07, 6.45) is 3.50. The number of carbonyl (C=O) groups excluding carboxylic acids is 2. The zero-order valence-electron chi connectivity index (χ0n) is 22.9. The van der Waals surface area contributed by atoms with Gasteiger partial charge in [0.2, 0.25) is 10.0 Å². The predicted molar refractivity (Wildman–Crippen MR) is 152 cm³/mol. The molecule has 3 aliphatic rings. The molecule has 3 aliphatic heterocycles. The minimum Gasteiger partial charge on any atom is -0.373 e. The number of thiophene rings is 1. The largest absolute Gasteiger partial charge is 0.373 e. The van der Waals surface area contributed by atoms with Gasteiger partial charge in [0, 0.05) is 49.7 Å². The monoisotopic (exact) mass is 574 g/mol. The number of benzene rings is 1. The van der Waals surface area contributed by atoms with Gasteiger partial charge in [-0.15, -0.1) is 11.3 Å². The number of fused-ring (bicyclic) bond motifs is 1. The van der Waals surface area contributed by atoms with Gasteiger partial charge in [-0.2, -0.15) is 4.31 Å². The van der Waals surface area contributed by atoms with Crippen LogP contribution in [0.2, 0.25) is 0 Å². The van der Waals surface area contributed by atoms with E-state index in [1.54, 1.807) is 0 Å². The van der Waals surface area contributed by atoms with Gasteiger partial charge >= 0.3 is 0 Å². The Morgan fingerprint density at radius 3 is 2.36 bits per heavy atom. The Labute approximate surface area is 235 Å². The van der Waals surface area contributed by atoms with Gasteiger partial charge in [0.15, 0.2) is 0 Å². The lowest BCUT2D eigenvalue weighted by Gasteiger charge is -2.34. The van der Waals surface area contributed by atoms with Crippen LogP contribution in [0.1, 0.15) is 71.2 Å². The van der Waals surface area contributed by atoms with Crippen LogP contribution in [0.3, 0.4) is 0 Å². The van der Waals surface area contributed by atoms with Crippen molar-refractivity contribution in [1.29, 1.82) is 0 Å². The van der Waals surface area contributed by atoms with Gasteiger partial charge in [-0.1, -0.05) is 6.92 Å². The van der Waals surface area contributed by atoms with E-state index in [9.17, 15) is 18.0 Å². The lowest BCUT2D eigenvalue weighted by molar-refractivity contribution is -0.0440. The van der Waals surface area contributed by atoms with Crippen LogP contribution in [0.25, 0.3) is 0 Å². The first-order chi connectivity index (χ1) is 18.7. The van der Waals surface area contributed by atoms with Crippen molar-refractivity contribution in [3.8, 4) is 0 Å². The molecule has 2 unspecified atom stereocenters. The third kappa shape index (κ3) is 5.92. The fourth-order valence-corrected chi connectivity index (χ4v) is 8.65. The summed E-state index contributed by atoms with van der Waals surface area (Å²) in [5.74, 6) is -0.355. The number of sulfonamides is 1. The summed E-state index contributed by atoms with van der Waals surface area (Å²) in [6, 6.07) is 6.03. The van der Waals surface area contributed by atoms with E-state index in [1.165, 1.54) is 39.9 Å². The molecule has 1 aromatic heterocycles. The summed E-state index contributed by atoms with van der Waals surface area (Å²) in [4.78, 5) is 32.5. The molecule has 39 heavy (non-hydrogen) atoms. The van der Waals surface area contributed by atoms with E-state index in [-0.39, 0.29) is 28.9 Å². The van der Waals surface area contributed by atoms with E-state index in [0.717, 1.165) is 68.8 Å². The van der Waals surface area contributed by atoms with E-state index >= 15 is 0 Å². The minimum absolute atomic E-state index is 0.000323. The molecule has 0 radical (unpaired) electrons. The standard InChI is InChI=1S/C28H38N4O5S2/c1-4-12-30-15-11-23-24(18-30)38-27(25(23)28(34)31-13-5-6-14-31)29-26(33)21-7-9-22(10-8-21)39(35,36)32-16-19(2)37-20(3)17-32/h7-10,19-20H,4-6,11-18H2,1-3H3,(H,29,33). The molecule has 2 amide bonds. The molecule has 9 nitrogen and oxygen atoms in total. The van der Waals surface area contributed by atoms with Gasteiger partial charge in [0.25, 0.3) is 11.8 Å². The summed E-state index contributed by atoms with van der Waals surface area (Å²) in [5.41, 5.74) is 2.04. The number of anilines is 1. The van der Waals surface area contributed by atoms with E-state index in [1.807, 2.05) is 18.7 Å². The van der Waals surface area contributed by atoms with Crippen molar-refractivity contribution in [3.05, 3.63) is 45.8 Å². The zero-order chi connectivity index (χ0) is 27.7. The number of amides is 2. The summed E-state index contributed by atoms with van der Waals surface area (Å²) in [5, 5.41) is 3.60. The lowest BCUT2D eigenvalue weighted by atomic mass is 10.0. The van der Waals surface area contributed by atoms with Crippen LogP contribution in [-0.2, 0) is 27.7 Å². The Bertz CT molecular complexity index is 1310. The fraction of sp³-hybridized carbons (Fsp3) is 0.571. The molecule has 2 fully saturated rings. The zero-order valence-corrected chi connectivity index (χ0v) is 24.6. The van der Waals surface area contributed by atoms with E-state index in [4.69, 9.17) is 4.74 Å². The molecule has 1 aromatic carbocycles. The summed E-state index contributed by atoms with van der Waals surface area (Å²) in [7, 11) is -3.70. The highest BCUT2D eigenvalue weighted by Crippen LogP contribution is 2.38. The Kier molecular flexibility index (Phi) is 8.44. The summed E-state index contributed by atoms with van der Waals surface area (Å²) in [6.45, 7) is 10.7. The van der Waals surface area contributed by atoms with Gasteiger partial charge in [0.05, 0.1) is 22.7 Å². The molecule has 2 saturated heterocycles. The third-order valence-electron chi connectivity index (χ3n) is 7.65. The van der Waals surface area contributed by atoms with E-state index in [0.29, 0.717) is 29.2 Å². The number of morpholine rings is 1. The first kappa shape index (κ1) is 28.2. The molecule has 2 aromatic rings. The summed E-state index contributed by atoms with van der Waals surface area (Å²) < 4.78 is 33.5. The van der Waals surface area contributed by atoms with Crippen LogP contribution in [-0.4, -0.2) is 85.8 Å². The van der Waals surface area contributed by atoms with Crippen molar-refractivity contribution in [2.75, 3.05) is 44.6 Å². The second kappa shape index (κ2) is 11.7. The normalized spacial score (nSPS) is 22.6. The van der Waals surface area contributed by atoms with Gasteiger partial charge in [0.1, 0.15) is 5.00 Å². The highest BCUT2D eigenvalue weighted by atomic mass is 32.2.